The van der Waals surface area contributed by atoms with E-state index in [0.717, 1.165) is 44.6 Å². The maximum absolute atomic E-state index is 13.2. The second kappa shape index (κ2) is 6.85. The Morgan fingerprint density at radius 2 is 1.75 bits per heavy atom. The molecule has 1 aromatic rings. The molecule has 0 N–H and O–H groups in total. The van der Waals surface area contributed by atoms with E-state index in [0.29, 0.717) is 19.0 Å². The van der Waals surface area contributed by atoms with Crippen LogP contribution in [0.25, 0.3) is 0 Å². The summed E-state index contributed by atoms with van der Waals surface area (Å²) in [4.78, 5) is 29.9. The summed E-state index contributed by atoms with van der Waals surface area (Å²) in [7, 11) is 1.96. The van der Waals surface area contributed by atoms with Crippen LogP contribution in [-0.4, -0.2) is 62.6 Å². The molecular formula is C21H33N5O2. The Kier molecular flexibility index (Phi) is 4.74. The molecule has 4 rings (SSSR count). The lowest BCUT2D eigenvalue weighted by Gasteiger charge is -2.53. The summed E-state index contributed by atoms with van der Waals surface area (Å²) in [5.41, 5.74) is -0.293. The van der Waals surface area contributed by atoms with Crippen LogP contribution in [0.2, 0.25) is 0 Å². The lowest BCUT2D eigenvalue weighted by atomic mass is 9.68. The fourth-order valence-corrected chi connectivity index (χ4v) is 5.57. The van der Waals surface area contributed by atoms with E-state index in [9.17, 15) is 9.59 Å². The van der Waals surface area contributed by atoms with Gasteiger partial charge in [-0.2, -0.15) is 0 Å². The van der Waals surface area contributed by atoms with Gasteiger partial charge in [-0.05, 0) is 12.8 Å². The maximum Gasteiger partial charge on any atom is 0.228 e. The molecule has 0 aromatic carbocycles. The zero-order valence-corrected chi connectivity index (χ0v) is 17.6. The Labute approximate surface area is 167 Å². The van der Waals surface area contributed by atoms with E-state index in [1.807, 2.05) is 35.3 Å². The van der Waals surface area contributed by atoms with Crippen molar-refractivity contribution in [3.05, 3.63) is 12.2 Å². The van der Waals surface area contributed by atoms with Crippen LogP contribution < -0.4 is 0 Å². The summed E-state index contributed by atoms with van der Waals surface area (Å²) in [6, 6.07) is 0. The van der Waals surface area contributed by atoms with Crippen molar-refractivity contribution in [2.75, 3.05) is 26.2 Å². The van der Waals surface area contributed by atoms with E-state index in [-0.39, 0.29) is 28.6 Å². The van der Waals surface area contributed by atoms with E-state index in [4.69, 9.17) is 0 Å². The molecule has 1 atom stereocenters. The first kappa shape index (κ1) is 19.4. The topological polar surface area (TPSA) is 71.3 Å². The van der Waals surface area contributed by atoms with Crippen LogP contribution >= 0.6 is 0 Å². The minimum atomic E-state index is -0.202. The second-order valence-corrected chi connectivity index (χ2v) is 9.87. The number of hydrogen-bond acceptors (Lipinski definition) is 4. The third-order valence-corrected chi connectivity index (χ3v) is 7.28. The largest absolute Gasteiger partial charge is 0.341 e. The number of hydrogen-bond donors (Lipinski definition) is 0. The van der Waals surface area contributed by atoms with Gasteiger partial charge in [0.05, 0.1) is 0 Å². The zero-order chi connectivity index (χ0) is 20.1. The number of amides is 2. The minimum Gasteiger partial charge on any atom is -0.341 e. The van der Waals surface area contributed by atoms with Crippen molar-refractivity contribution in [1.29, 1.82) is 0 Å². The van der Waals surface area contributed by atoms with E-state index in [1.54, 1.807) is 6.33 Å². The van der Waals surface area contributed by atoms with Gasteiger partial charge >= 0.3 is 0 Å². The standard InChI is InChI=1S/C21H33N5O2/c1-15(2)18(27)25-10-16(17-23-22-14-24(17)4)21(11-25)12-26(13-21)19(28)20(3)8-6-5-7-9-20/h14-16H,5-13H2,1-4H3. The van der Waals surface area contributed by atoms with Gasteiger partial charge in [0.2, 0.25) is 11.8 Å². The van der Waals surface area contributed by atoms with Gasteiger partial charge in [-0.15, -0.1) is 10.2 Å². The highest BCUT2D eigenvalue weighted by Crippen LogP contribution is 2.50. The Hall–Kier alpha value is -1.92. The molecule has 0 radical (unpaired) electrons. The molecular weight excluding hydrogens is 354 g/mol. The Balaban J connectivity index is 1.54. The van der Waals surface area contributed by atoms with Crippen LogP contribution in [0.4, 0.5) is 0 Å². The highest BCUT2D eigenvalue weighted by molar-refractivity contribution is 5.84. The van der Waals surface area contributed by atoms with Crippen LogP contribution in [0, 0.1) is 16.7 Å². The summed E-state index contributed by atoms with van der Waals surface area (Å²) in [5, 5.41) is 8.42. The lowest BCUT2D eigenvalue weighted by molar-refractivity contribution is -0.156. The Morgan fingerprint density at radius 1 is 1.11 bits per heavy atom. The minimum absolute atomic E-state index is 0.0192. The molecule has 2 saturated heterocycles. The normalized spacial score (nSPS) is 26.0. The number of likely N-dealkylation sites (tertiary alicyclic amines) is 2. The summed E-state index contributed by atoms with van der Waals surface area (Å²) in [6.07, 6.45) is 7.27. The van der Waals surface area contributed by atoms with Crippen LogP contribution in [0.15, 0.2) is 6.33 Å². The van der Waals surface area contributed by atoms with Crippen LogP contribution in [0.5, 0.6) is 0 Å². The molecule has 154 valence electrons. The number of nitrogens with zero attached hydrogens (tertiary/aromatic N) is 5. The van der Waals surface area contributed by atoms with Crippen LogP contribution in [-0.2, 0) is 16.6 Å². The van der Waals surface area contributed by atoms with Gasteiger partial charge in [0, 0.05) is 55.9 Å². The number of carbonyl (C=O) groups is 2. The van der Waals surface area contributed by atoms with Gasteiger partial charge in [-0.1, -0.05) is 40.0 Å². The molecule has 3 aliphatic rings. The van der Waals surface area contributed by atoms with Crippen LogP contribution in [0.3, 0.4) is 0 Å². The molecule has 2 amide bonds. The molecule has 2 aliphatic heterocycles. The third kappa shape index (κ3) is 3.03. The molecule has 7 nitrogen and oxygen atoms in total. The first-order valence-corrected chi connectivity index (χ1v) is 10.7. The molecule has 7 heteroatoms. The Bertz CT molecular complexity index is 759. The highest BCUT2D eigenvalue weighted by atomic mass is 16.2. The summed E-state index contributed by atoms with van der Waals surface area (Å²) < 4.78 is 1.96. The van der Waals surface area contributed by atoms with Crippen molar-refractivity contribution in [1.82, 2.24) is 24.6 Å². The van der Waals surface area contributed by atoms with Gasteiger partial charge in [0.1, 0.15) is 12.2 Å². The van der Waals surface area contributed by atoms with Crippen molar-refractivity contribution in [3.8, 4) is 0 Å². The monoisotopic (exact) mass is 387 g/mol. The quantitative estimate of drug-likeness (QED) is 0.797. The highest BCUT2D eigenvalue weighted by Gasteiger charge is 2.59. The van der Waals surface area contributed by atoms with E-state index in [1.165, 1.54) is 6.42 Å². The van der Waals surface area contributed by atoms with Gasteiger partial charge in [0.25, 0.3) is 0 Å². The first-order chi connectivity index (χ1) is 13.3. The van der Waals surface area contributed by atoms with Crippen molar-refractivity contribution in [3.63, 3.8) is 0 Å². The molecule has 0 bridgehead atoms. The van der Waals surface area contributed by atoms with Gasteiger partial charge in [-0.3, -0.25) is 9.59 Å². The summed E-state index contributed by atoms with van der Waals surface area (Å²) in [5.74, 6) is 1.53. The number of rotatable bonds is 3. The number of aromatic nitrogens is 3. The summed E-state index contributed by atoms with van der Waals surface area (Å²) >= 11 is 0. The zero-order valence-electron chi connectivity index (χ0n) is 17.6. The molecule has 28 heavy (non-hydrogen) atoms. The Morgan fingerprint density at radius 3 is 2.32 bits per heavy atom. The summed E-state index contributed by atoms with van der Waals surface area (Å²) in [6.45, 7) is 8.87. The van der Waals surface area contributed by atoms with E-state index in [2.05, 4.69) is 17.1 Å². The molecule has 3 heterocycles. The first-order valence-electron chi connectivity index (χ1n) is 10.7. The van der Waals surface area contributed by atoms with Crippen molar-refractivity contribution in [2.24, 2.45) is 23.8 Å². The third-order valence-electron chi connectivity index (χ3n) is 7.28. The number of carbonyl (C=O) groups excluding carboxylic acids is 2. The molecule has 1 spiro atoms. The predicted octanol–water partition coefficient (Wildman–Crippen LogP) is 2.20. The molecule has 1 unspecified atom stereocenters. The lowest BCUT2D eigenvalue weighted by Crippen LogP contribution is -2.64. The second-order valence-electron chi connectivity index (χ2n) is 9.87. The predicted molar refractivity (Wildman–Crippen MR) is 105 cm³/mol. The SMILES string of the molecule is CC(C)C(=O)N1CC(c2nncn2C)C2(C1)CN(C(=O)C1(C)CCCCC1)C2. The maximum atomic E-state index is 13.2. The smallest absolute Gasteiger partial charge is 0.228 e. The van der Waals surface area contributed by atoms with Gasteiger partial charge in [-0.25, -0.2) is 0 Å². The van der Waals surface area contributed by atoms with Crippen molar-refractivity contribution in [2.45, 2.75) is 58.8 Å². The van der Waals surface area contributed by atoms with Gasteiger partial charge < -0.3 is 14.4 Å². The average Bonchev–Trinajstić information content (AvgIpc) is 3.23. The van der Waals surface area contributed by atoms with E-state index < -0.39 is 0 Å². The average molecular weight is 388 g/mol. The fourth-order valence-electron chi connectivity index (χ4n) is 5.57. The fraction of sp³-hybridized carbons (Fsp3) is 0.810. The molecule has 1 aromatic heterocycles. The van der Waals surface area contributed by atoms with E-state index >= 15 is 0 Å². The molecule has 1 aliphatic carbocycles. The van der Waals surface area contributed by atoms with Gasteiger partial charge in [0.15, 0.2) is 0 Å². The number of aryl methyl sites for hydroxylation is 1. The van der Waals surface area contributed by atoms with Crippen molar-refractivity contribution < 1.29 is 9.59 Å². The van der Waals surface area contributed by atoms with Crippen molar-refractivity contribution >= 4 is 11.8 Å². The molecule has 3 fully saturated rings. The van der Waals surface area contributed by atoms with Crippen LogP contribution in [0.1, 0.15) is 64.6 Å². The molecule has 1 saturated carbocycles.